The van der Waals surface area contributed by atoms with Crippen molar-refractivity contribution < 1.29 is 9.21 Å². The van der Waals surface area contributed by atoms with Gasteiger partial charge in [-0.25, -0.2) is 4.79 Å². The van der Waals surface area contributed by atoms with E-state index in [1.807, 2.05) is 37.3 Å². The fourth-order valence-electron chi connectivity index (χ4n) is 2.43. The molecule has 0 saturated carbocycles. The van der Waals surface area contributed by atoms with Crippen LogP contribution in [0.15, 0.2) is 51.7 Å². The van der Waals surface area contributed by atoms with Gasteiger partial charge in [0, 0.05) is 11.8 Å². The van der Waals surface area contributed by atoms with Gasteiger partial charge < -0.3 is 4.42 Å². The summed E-state index contributed by atoms with van der Waals surface area (Å²) >= 11 is 0. The molecule has 0 N–H and O–H groups in total. The predicted octanol–water partition coefficient (Wildman–Crippen LogP) is 3.93. The van der Waals surface area contributed by atoms with E-state index in [0.717, 1.165) is 16.2 Å². The van der Waals surface area contributed by atoms with E-state index in [9.17, 15) is 9.59 Å². The summed E-state index contributed by atoms with van der Waals surface area (Å²) in [5.41, 5.74) is 0.115. The molecule has 0 radical (unpaired) electrons. The highest BCUT2D eigenvalue weighted by atomic mass is 16.4. The van der Waals surface area contributed by atoms with E-state index in [-0.39, 0.29) is 11.3 Å². The number of ketones is 1. The third kappa shape index (κ3) is 2.01. The number of hydrogen-bond acceptors (Lipinski definition) is 3. The monoisotopic (exact) mass is 266 g/mol. The molecule has 1 aromatic heterocycles. The zero-order chi connectivity index (χ0) is 14.1. The summed E-state index contributed by atoms with van der Waals surface area (Å²) < 4.78 is 5.29. The number of carbonyl (C=O) groups is 1. The Hall–Kier alpha value is -2.42. The minimum atomic E-state index is -0.550. The maximum atomic E-state index is 12.0. The topological polar surface area (TPSA) is 47.3 Å². The SMILES string of the molecule is CCCC(=O)c1cc2c(ccc3ccccc32)oc1=O. The lowest BCUT2D eigenvalue weighted by atomic mass is 10.0. The van der Waals surface area contributed by atoms with Crippen molar-refractivity contribution in [2.75, 3.05) is 0 Å². The molecule has 0 bridgehead atoms. The zero-order valence-electron chi connectivity index (χ0n) is 11.2. The summed E-state index contributed by atoms with van der Waals surface area (Å²) in [5.74, 6) is -0.156. The number of carbonyl (C=O) groups excluding carboxylic acids is 1. The van der Waals surface area contributed by atoms with E-state index in [1.54, 1.807) is 12.1 Å². The standard InChI is InChI=1S/C17H14O3/c1-2-5-15(18)14-10-13-12-7-4-3-6-11(12)8-9-16(13)20-17(14)19/h3-4,6-10H,2,5H2,1H3. The molecule has 20 heavy (non-hydrogen) atoms. The van der Waals surface area contributed by atoms with Crippen molar-refractivity contribution in [2.45, 2.75) is 19.8 Å². The summed E-state index contributed by atoms with van der Waals surface area (Å²) in [6, 6.07) is 13.2. The van der Waals surface area contributed by atoms with E-state index in [2.05, 4.69) is 0 Å². The molecule has 0 atom stereocenters. The van der Waals surface area contributed by atoms with Crippen LogP contribution in [0.1, 0.15) is 30.1 Å². The van der Waals surface area contributed by atoms with Crippen molar-refractivity contribution in [3.05, 3.63) is 58.4 Å². The van der Waals surface area contributed by atoms with Crippen LogP contribution in [0.25, 0.3) is 21.7 Å². The molecule has 100 valence electrons. The molecule has 0 aliphatic heterocycles. The van der Waals surface area contributed by atoms with Crippen LogP contribution in [-0.4, -0.2) is 5.78 Å². The molecule has 0 aliphatic carbocycles. The molecule has 0 unspecified atom stereocenters. The summed E-state index contributed by atoms with van der Waals surface area (Å²) in [5, 5.41) is 2.85. The Bertz CT molecular complexity index is 859. The quantitative estimate of drug-likeness (QED) is 0.410. The van der Waals surface area contributed by atoms with Crippen LogP contribution in [0.2, 0.25) is 0 Å². The van der Waals surface area contributed by atoms with Crippen molar-refractivity contribution in [1.82, 2.24) is 0 Å². The molecular formula is C17H14O3. The van der Waals surface area contributed by atoms with Crippen molar-refractivity contribution in [3.8, 4) is 0 Å². The Kier molecular flexibility index (Phi) is 3.11. The first kappa shape index (κ1) is 12.6. The Morgan fingerprint density at radius 1 is 1.10 bits per heavy atom. The number of fused-ring (bicyclic) bond motifs is 3. The normalized spacial score (nSPS) is 11.1. The second-order valence-electron chi connectivity index (χ2n) is 4.82. The summed E-state index contributed by atoms with van der Waals surface area (Å²) in [6.45, 7) is 1.91. The maximum Gasteiger partial charge on any atom is 0.347 e. The Morgan fingerprint density at radius 3 is 2.70 bits per heavy atom. The minimum absolute atomic E-state index is 0.149. The lowest BCUT2D eigenvalue weighted by molar-refractivity contribution is 0.0978. The number of benzene rings is 2. The van der Waals surface area contributed by atoms with Crippen molar-refractivity contribution in [1.29, 1.82) is 0 Å². The van der Waals surface area contributed by atoms with Crippen LogP contribution in [0, 0.1) is 0 Å². The van der Waals surface area contributed by atoms with Gasteiger partial charge in [-0.3, -0.25) is 4.79 Å². The van der Waals surface area contributed by atoms with Crippen molar-refractivity contribution >= 4 is 27.5 Å². The average molecular weight is 266 g/mol. The molecule has 3 rings (SSSR count). The van der Waals surface area contributed by atoms with Crippen LogP contribution < -0.4 is 5.63 Å². The Labute approximate surface area is 115 Å². The van der Waals surface area contributed by atoms with Crippen molar-refractivity contribution in [3.63, 3.8) is 0 Å². The van der Waals surface area contributed by atoms with E-state index < -0.39 is 5.63 Å². The van der Waals surface area contributed by atoms with Gasteiger partial charge in [-0.1, -0.05) is 37.3 Å². The zero-order valence-corrected chi connectivity index (χ0v) is 11.2. The number of rotatable bonds is 3. The lowest BCUT2D eigenvalue weighted by Crippen LogP contribution is -2.13. The molecular weight excluding hydrogens is 252 g/mol. The van der Waals surface area contributed by atoms with Crippen LogP contribution in [-0.2, 0) is 0 Å². The molecule has 0 amide bonds. The fourth-order valence-corrected chi connectivity index (χ4v) is 2.43. The Balaban J connectivity index is 2.34. The third-order valence-corrected chi connectivity index (χ3v) is 3.42. The molecule has 3 heteroatoms. The maximum absolute atomic E-state index is 12.0. The summed E-state index contributed by atoms with van der Waals surface area (Å²) in [6.07, 6.45) is 1.08. The third-order valence-electron chi connectivity index (χ3n) is 3.42. The smallest absolute Gasteiger partial charge is 0.347 e. The summed E-state index contributed by atoms with van der Waals surface area (Å²) in [4.78, 5) is 23.9. The van der Waals surface area contributed by atoms with Gasteiger partial charge in [0.15, 0.2) is 5.78 Å². The Morgan fingerprint density at radius 2 is 1.90 bits per heavy atom. The van der Waals surface area contributed by atoms with Crippen LogP contribution in [0.5, 0.6) is 0 Å². The molecule has 0 spiro atoms. The molecule has 0 fully saturated rings. The minimum Gasteiger partial charge on any atom is -0.422 e. The van der Waals surface area contributed by atoms with Gasteiger partial charge in [-0.05, 0) is 29.3 Å². The second-order valence-corrected chi connectivity index (χ2v) is 4.82. The van der Waals surface area contributed by atoms with Gasteiger partial charge in [0.05, 0.1) is 0 Å². The van der Waals surface area contributed by atoms with Gasteiger partial charge in [-0.2, -0.15) is 0 Å². The van der Waals surface area contributed by atoms with E-state index >= 15 is 0 Å². The average Bonchev–Trinajstić information content (AvgIpc) is 2.46. The number of Topliss-reactive ketones (excluding diaryl/α,β-unsaturated/α-hetero) is 1. The predicted molar refractivity (Wildman–Crippen MR) is 79.2 cm³/mol. The van der Waals surface area contributed by atoms with Crippen LogP contribution >= 0.6 is 0 Å². The molecule has 1 heterocycles. The molecule has 2 aromatic carbocycles. The van der Waals surface area contributed by atoms with Gasteiger partial charge in [-0.15, -0.1) is 0 Å². The van der Waals surface area contributed by atoms with Crippen LogP contribution in [0.4, 0.5) is 0 Å². The highest BCUT2D eigenvalue weighted by Gasteiger charge is 2.13. The first-order valence-electron chi connectivity index (χ1n) is 6.69. The fraction of sp³-hybridized carbons (Fsp3) is 0.176. The van der Waals surface area contributed by atoms with Gasteiger partial charge in [0.1, 0.15) is 11.1 Å². The lowest BCUT2D eigenvalue weighted by Gasteiger charge is -2.04. The van der Waals surface area contributed by atoms with Gasteiger partial charge >= 0.3 is 5.63 Å². The van der Waals surface area contributed by atoms with E-state index in [4.69, 9.17) is 4.42 Å². The largest absolute Gasteiger partial charge is 0.422 e. The van der Waals surface area contributed by atoms with Gasteiger partial charge in [0.25, 0.3) is 0 Å². The molecule has 3 aromatic rings. The molecule has 0 saturated heterocycles. The van der Waals surface area contributed by atoms with Gasteiger partial charge in [0.2, 0.25) is 0 Å². The molecule has 3 nitrogen and oxygen atoms in total. The molecule has 0 aliphatic rings. The first-order chi connectivity index (χ1) is 9.70. The van der Waals surface area contributed by atoms with Crippen LogP contribution in [0.3, 0.4) is 0 Å². The summed E-state index contributed by atoms with van der Waals surface area (Å²) in [7, 11) is 0. The highest BCUT2D eigenvalue weighted by Crippen LogP contribution is 2.25. The highest BCUT2D eigenvalue weighted by molar-refractivity contribution is 6.08. The van der Waals surface area contributed by atoms with E-state index in [1.165, 1.54) is 0 Å². The van der Waals surface area contributed by atoms with E-state index in [0.29, 0.717) is 18.4 Å². The second kappa shape index (κ2) is 4.93. The first-order valence-corrected chi connectivity index (χ1v) is 6.69. The van der Waals surface area contributed by atoms with Crippen molar-refractivity contribution in [2.24, 2.45) is 0 Å². The number of hydrogen-bond donors (Lipinski definition) is 0.